The third kappa shape index (κ3) is 6.70. The third-order valence-corrected chi connectivity index (χ3v) is 7.18. The van der Waals surface area contributed by atoms with Crippen LogP contribution in [0.1, 0.15) is 77.8 Å². The molecule has 4 rings (SSSR count). The van der Waals surface area contributed by atoms with Crippen molar-refractivity contribution >= 4 is 46.0 Å². The fourth-order valence-corrected chi connectivity index (χ4v) is 5.30. The Morgan fingerprint density at radius 2 is 1.89 bits per heavy atom. The van der Waals surface area contributed by atoms with Gasteiger partial charge in [-0.25, -0.2) is 15.0 Å². The quantitative estimate of drug-likeness (QED) is 0.135. The maximum Gasteiger partial charge on any atom is 0.303 e. The second-order valence-corrected chi connectivity index (χ2v) is 10.4. The van der Waals surface area contributed by atoms with Gasteiger partial charge in [-0.15, -0.1) is 11.3 Å². The minimum Gasteiger partial charge on any atom is -0.456 e. The molecule has 1 aliphatic heterocycles. The monoisotopic (exact) mass is 558 g/mol. The van der Waals surface area contributed by atoms with E-state index in [9.17, 15) is 9.59 Å². The number of halogens is 1. The summed E-state index contributed by atoms with van der Waals surface area (Å²) in [5, 5.41) is 2.08. The number of carbonyl (C=O) groups excluding carboxylic acids is 2. The highest BCUT2D eigenvalue weighted by atomic mass is 35.5. The number of carbonyl (C=O) groups is 2. The molecule has 0 amide bonds. The van der Waals surface area contributed by atoms with Gasteiger partial charge < -0.3 is 14.2 Å². The zero-order valence-electron chi connectivity index (χ0n) is 21.7. The molecule has 0 spiro atoms. The van der Waals surface area contributed by atoms with Crippen LogP contribution < -0.4 is 0 Å². The van der Waals surface area contributed by atoms with E-state index in [1.807, 2.05) is 17.5 Å². The molecule has 0 aromatic carbocycles. The van der Waals surface area contributed by atoms with Gasteiger partial charge in [-0.05, 0) is 23.8 Å². The van der Waals surface area contributed by atoms with Crippen LogP contribution in [-0.2, 0) is 23.8 Å². The highest BCUT2D eigenvalue weighted by Crippen LogP contribution is 2.38. The van der Waals surface area contributed by atoms with Crippen molar-refractivity contribution in [1.82, 2.24) is 19.5 Å². The van der Waals surface area contributed by atoms with Crippen LogP contribution in [0.4, 0.5) is 0 Å². The molecule has 1 aliphatic rings. The summed E-state index contributed by atoms with van der Waals surface area (Å²) in [7, 11) is 0. The van der Waals surface area contributed by atoms with Crippen molar-refractivity contribution in [3.63, 3.8) is 0 Å². The summed E-state index contributed by atoms with van der Waals surface area (Å²) in [5.74, 6) is 5.94. The largest absolute Gasteiger partial charge is 0.456 e. The molecule has 0 radical (unpaired) electrons. The molecule has 0 aliphatic carbocycles. The summed E-state index contributed by atoms with van der Waals surface area (Å²) in [6.45, 7) is 4.83. The van der Waals surface area contributed by atoms with Crippen molar-refractivity contribution in [2.45, 2.75) is 84.2 Å². The highest BCUT2D eigenvalue weighted by molar-refractivity contribution is 7.13. The Labute approximate surface area is 230 Å². The summed E-state index contributed by atoms with van der Waals surface area (Å²) in [6, 6.07) is 3.81. The molecular formula is C27H31ClN4O5S. The first-order valence-electron chi connectivity index (χ1n) is 12.8. The lowest BCUT2D eigenvalue weighted by molar-refractivity contribution is -0.164. The molecule has 0 N–H and O–H groups in total. The van der Waals surface area contributed by atoms with Crippen LogP contribution in [0.2, 0.25) is 5.15 Å². The first-order chi connectivity index (χ1) is 18.4. The maximum atomic E-state index is 12.0. The van der Waals surface area contributed by atoms with Gasteiger partial charge in [0.25, 0.3) is 0 Å². The predicted molar refractivity (Wildman–Crippen MR) is 145 cm³/mol. The lowest BCUT2D eigenvalue weighted by Crippen LogP contribution is -2.36. The van der Waals surface area contributed by atoms with E-state index in [-0.39, 0.29) is 17.6 Å². The number of fused-ring (bicyclic) bond motifs is 1. The molecule has 0 saturated carbocycles. The molecule has 202 valence electrons. The Bertz CT molecular complexity index is 1330. The van der Waals surface area contributed by atoms with Crippen molar-refractivity contribution < 1.29 is 23.8 Å². The summed E-state index contributed by atoms with van der Waals surface area (Å²) < 4.78 is 18.7. The number of ether oxygens (including phenoxy) is 3. The summed E-state index contributed by atoms with van der Waals surface area (Å²) in [6.07, 6.45) is 5.31. The van der Waals surface area contributed by atoms with Crippen molar-refractivity contribution in [3.05, 3.63) is 28.5 Å². The molecule has 11 heteroatoms. The molecule has 4 heterocycles. The third-order valence-electron chi connectivity index (χ3n) is 6.05. The van der Waals surface area contributed by atoms with Crippen LogP contribution in [0.15, 0.2) is 17.5 Å². The lowest BCUT2D eigenvalue weighted by Gasteiger charge is -2.24. The van der Waals surface area contributed by atoms with Gasteiger partial charge in [0.1, 0.15) is 5.52 Å². The summed E-state index contributed by atoms with van der Waals surface area (Å²) in [5.41, 5.74) is 0.764. The molecule has 9 nitrogen and oxygen atoms in total. The molecular weight excluding hydrogens is 528 g/mol. The summed E-state index contributed by atoms with van der Waals surface area (Å²) >= 11 is 8.03. The van der Waals surface area contributed by atoms with Gasteiger partial charge in [-0.2, -0.15) is 0 Å². The van der Waals surface area contributed by atoms with Crippen LogP contribution in [0.5, 0.6) is 0 Å². The van der Waals surface area contributed by atoms with E-state index in [0.717, 1.165) is 24.1 Å². The van der Waals surface area contributed by atoms with Crippen LogP contribution in [0, 0.1) is 11.8 Å². The van der Waals surface area contributed by atoms with Gasteiger partial charge >= 0.3 is 11.9 Å². The topological polar surface area (TPSA) is 105 Å². The highest BCUT2D eigenvalue weighted by Gasteiger charge is 2.45. The van der Waals surface area contributed by atoms with Crippen LogP contribution in [0.3, 0.4) is 0 Å². The Morgan fingerprint density at radius 3 is 2.61 bits per heavy atom. The maximum absolute atomic E-state index is 12.0. The van der Waals surface area contributed by atoms with Crippen LogP contribution in [-0.4, -0.2) is 50.3 Å². The first kappa shape index (κ1) is 28.0. The lowest BCUT2D eigenvalue weighted by atomic mass is 10.1. The number of esters is 2. The van der Waals surface area contributed by atoms with Gasteiger partial charge in [0.15, 0.2) is 35.1 Å². The number of nitrogens with zero attached hydrogens (tertiary/aromatic N) is 4. The van der Waals surface area contributed by atoms with Crippen molar-refractivity contribution in [1.29, 1.82) is 0 Å². The van der Waals surface area contributed by atoms with Crippen molar-refractivity contribution in [2.24, 2.45) is 0 Å². The summed E-state index contributed by atoms with van der Waals surface area (Å²) in [4.78, 5) is 38.3. The molecule has 0 unspecified atom stereocenters. The fraction of sp³-hybridized carbons (Fsp3) is 0.519. The number of thiophene rings is 1. The predicted octanol–water partition coefficient (Wildman–Crippen LogP) is 5.70. The molecule has 0 bridgehead atoms. The number of rotatable bonds is 10. The van der Waals surface area contributed by atoms with Gasteiger partial charge in [0.2, 0.25) is 5.82 Å². The number of hydrogen-bond donors (Lipinski definition) is 0. The Morgan fingerprint density at radius 1 is 1.13 bits per heavy atom. The normalized spacial score (nSPS) is 18.8. The number of unbranched alkanes of at least 4 members (excludes halogenated alkanes) is 6. The Kier molecular flexibility index (Phi) is 9.72. The standard InChI is InChI=1S/C27H31ClN4O5S/c1-4-5-6-7-8-9-10-11-14-21-29-24(28)22-26(30-21)32(25(31-22)20-13-12-15-38-20)27-23(37-18(3)34)19(16-35-27)36-17(2)33/h12-13,15,19,23,27H,4-10,16H2,1-3H3/t19-,23-,27-/m1/s1. The van der Waals surface area contributed by atoms with E-state index in [2.05, 4.69) is 28.7 Å². The average molecular weight is 559 g/mol. The van der Waals surface area contributed by atoms with Gasteiger partial charge in [0.05, 0.1) is 11.5 Å². The van der Waals surface area contributed by atoms with Gasteiger partial charge in [-0.3, -0.25) is 14.2 Å². The Hall–Kier alpha value is -3.00. The number of imidazole rings is 1. The Balaban J connectivity index is 1.69. The van der Waals surface area contributed by atoms with Crippen molar-refractivity contribution in [3.8, 4) is 22.5 Å². The molecule has 1 saturated heterocycles. The minimum absolute atomic E-state index is 0.0372. The van der Waals surface area contributed by atoms with E-state index >= 15 is 0 Å². The molecule has 3 atom stereocenters. The zero-order valence-corrected chi connectivity index (χ0v) is 23.3. The second kappa shape index (κ2) is 13.2. The smallest absolute Gasteiger partial charge is 0.303 e. The average Bonchev–Trinajstić information content (AvgIpc) is 3.60. The van der Waals surface area contributed by atoms with E-state index in [0.29, 0.717) is 17.0 Å². The van der Waals surface area contributed by atoms with Crippen molar-refractivity contribution in [2.75, 3.05) is 6.61 Å². The second-order valence-electron chi connectivity index (χ2n) is 9.06. The van der Waals surface area contributed by atoms with E-state index in [1.165, 1.54) is 50.9 Å². The molecule has 38 heavy (non-hydrogen) atoms. The fourth-order valence-electron chi connectivity index (χ4n) is 4.38. The van der Waals surface area contributed by atoms with Gasteiger partial charge in [-0.1, -0.05) is 62.6 Å². The van der Waals surface area contributed by atoms with E-state index in [1.54, 1.807) is 4.57 Å². The first-order valence-corrected chi connectivity index (χ1v) is 14.1. The molecule has 3 aromatic heterocycles. The SMILES string of the molecule is CCCCCCCCC#Cc1nc(Cl)c2nc(-c3cccs3)n([C@@H]3OC[C@@H](OC(C)=O)[C@H]3OC(C)=O)c2n1. The number of aromatic nitrogens is 4. The van der Waals surface area contributed by atoms with E-state index in [4.69, 9.17) is 30.8 Å². The van der Waals surface area contributed by atoms with E-state index < -0.39 is 30.4 Å². The van der Waals surface area contributed by atoms with Crippen LogP contribution >= 0.6 is 22.9 Å². The number of hydrogen-bond acceptors (Lipinski definition) is 9. The van der Waals surface area contributed by atoms with Gasteiger partial charge in [0, 0.05) is 20.3 Å². The zero-order chi connectivity index (χ0) is 27.1. The molecule has 3 aromatic rings. The molecule has 1 fully saturated rings. The minimum atomic E-state index is -0.913. The van der Waals surface area contributed by atoms with Crippen LogP contribution in [0.25, 0.3) is 21.9 Å².